The first kappa shape index (κ1) is 13.5. The van der Waals surface area contributed by atoms with Crippen LogP contribution in [-0.2, 0) is 13.1 Å². The highest BCUT2D eigenvalue weighted by atomic mass is 32.1. The molecule has 0 spiro atoms. The smallest absolute Gasteiger partial charge is 0.170 e. The zero-order chi connectivity index (χ0) is 13.7. The summed E-state index contributed by atoms with van der Waals surface area (Å²) in [5, 5.41) is 16.0. The molecule has 0 fully saturated rings. The summed E-state index contributed by atoms with van der Waals surface area (Å²) in [5.41, 5.74) is 7.36. The van der Waals surface area contributed by atoms with Crippen LogP contribution >= 0.6 is 11.3 Å². The van der Waals surface area contributed by atoms with E-state index in [4.69, 9.17) is 10.9 Å². The van der Waals surface area contributed by atoms with Crippen LogP contribution in [-0.4, -0.2) is 16.0 Å². The predicted octanol–water partition coefficient (Wildman–Crippen LogP) is 1.84. The van der Waals surface area contributed by atoms with Gasteiger partial charge in [-0.15, -0.1) is 11.3 Å². The van der Waals surface area contributed by atoms with Crippen LogP contribution in [0.4, 0.5) is 0 Å². The Hall–Kier alpha value is -1.92. The Morgan fingerprint density at radius 3 is 2.68 bits per heavy atom. The van der Waals surface area contributed by atoms with Crippen LogP contribution in [0.1, 0.15) is 21.0 Å². The molecule has 0 aliphatic carbocycles. The largest absolute Gasteiger partial charge is 0.409 e. The highest BCUT2D eigenvalue weighted by molar-refractivity contribution is 7.11. The van der Waals surface area contributed by atoms with Gasteiger partial charge in [0.1, 0.15) is 0 Å². The molecular formula is C13H16N4OS. The van der Waals surface area contributed by atoms with Gasteiger partial charge >= 0.3 is 0 Å². The number of rotatable bonds is 5. The molecule has 2 aromatic rings. The Morgan fingerprint density at radius 1 is 1.37 bits per heavy atom. The van der Waals surface area contributed by atoms with Crippen molar-refractivity contribution in [1.29, 1.82) is 0 Å². The molecule has 1 aromatic carbocycles. The molecule has 1 heterocycles. The quantitative estimate of drug-likeness (QED) is 0.337. The topological polar surface area (TPSA) is 83.5 Å². The van der Waals surface area contributed by atoms with Gasteiger partial charge in [0.25, 0.3) is 0 Å². The maximum Gasteiger partial charge on any atom is 0.170 e. The SMILES string of the molecule is Cc1ncc(CNCc2ccc(C(N)=NO)cc2)s1. The van der Waals surface area contributed by atoms with Gasteiger partial charge in [-0.3, -0.25) is 0 Å². The van der Waals surface area contributed by atoms with E-state index in [1.807, 2.05) is 37.4 Å². The van der Waals surface area contributed by atoms with E-state index >= 15 is 0 Å². The molecule has 5 nitrogen and oxygen atoms in total. The Bertz CT molecular complexity index is 562. The number of nitrogens with two attached hydrogens (primary N) is 1. The summed E-state index contributed by atoms with van der Waals surface area (Å²) in [6.07, 6.45) is 1.90. The van der Waals surface area contributed by atoms with Gasteiger partial charge in [0, 0.05) is 29.7 Å². The molecule has 0 atom stereocenters. The number of amidine groups is 1. The standard InChI is InChI=1S/C13H16N4OS/c1-9-16-8-12(19-9)7-15-6-10-2-4-11(5-3-10)13(14)17-18/h2-5,8,15,18H,6-7H2,1H3,(H2,14,17). The maximum atomic E-state index is 8.57. The van der Waals surface area contributed by atoms with E-state index in [0.29, 0.717) is 5.56 Å². The van der Waals surface area contributed by atoms with Crippen molar-refractivity contribution >= 4 is 17.2 Å². The average Bonchev–Trinajstić information content (AvgIpc) is 2.84. The predicted molar refractivity (Wildman–Crippen MR) is 76.3 cm³/mol. The fourth-order valence-corrected chi connectivity index (χ4v) is 2.43. The zero-order valence-corrected chi connectivity index (χ0v) is 11.4. The zero-order valence-electron chi connectivity index (χ0n) is 10.6. The molecule has 0 amide bonds. The van der Waals surface area contributed by atoms with Crippen LogP contribution in [0, 0.1) is 6.92 Å². The number of oxime groups is 1. The average molecular weight is 276 g/mol. The minimum Gasteiger partial charge on any atom is -0.409 e. The van der Waals surface area contributed by atoms with Crippen molar-refractivity contribution in [3.05, 3.63) is 51.5 Å². The van der Waals surface area contributed by atoms with Crippen LogP contribution in [0.15, 0.2) is 35.6 Å². The maximum absolute atomic E-state index is 8.57. The number of nitrogens with one attached hydrogen (secondary N) is 1. The molecule has 0 aliphatic rings. The van der Waals surface area contributed by atoms with Gasteiger partial charge in [-0.1, -0.05) is 29.4 Å². The van der Waals surface area contributed by atoms with E-state index in [2.05, 4.69) is 15.5 Å². The minimum absolute atomic E-state index is 0.125. The number of aromatic nitrogens is 1. The first-order valence-electron chi connectivity index (χ1n) is 5.88. The second-order valence-corrected chi connectivity index (χ2v) is 5.45. The monoisotopic (exact) mass is 276 g/mol. The fourth-order valence-electron chi connectivity index (χ4n) is 1.67. The van der Waals surface area contributed by atoms with Gasteiger partial charge in [-0.25, -0.2) is 4.98 Å². The number of hydrogen-bond acceptors (Lipinski definition) is 5. The summed E-state index contributed by atoms with van der Waals surface area (Å²) in [5.74, 6) is 0.125. The van der Waals surface area contributed by atoms with Crippen molar-refractivity contribution < 1.29 is 5.21 Å². The second kappa shape index (κ2) is 6.31. The van der Waals surface area contributed by atoms with Gasteiger partial charge < -0.3 is 16.3 Å². The summed E-state index contributed by atoms with van der Waals surface area (Å²) in [6, 6.07) is 7.59. The Morgan fingerprint density at radius 2 is 2.11 bits per heavy atom. The number of hydrogen-bond donors (Lipinski definition) is 3. The van der Waals surface area contributed by atoms with Crippen molar-refractivity contribution in [2.75, 3.05) is 0 Å². The molecule has 0 saturated carbocycles. The molecule has 0 unspecified atom stereocenters. The van der Waals surface area contributed by atoms with Crippen LogP contribution in [0.2, 0.25) is 0 Å². The van der Waals surface area contributed by atoms with Gasteiger partial charge in [-0.2, -0.15) is 0 Å². The van der Waals surface area contributed by atoms with E-state index in [0.717, 1.165) is 23.7 Å². The summed E-state index contributed by atoms with van der Waals surface area (Å²) >= 11 is 1.70. The molecule has 0 saturated heterocycles. The third-order valence-electron chi connectivity index (χ3n) is 2.65. The minimum atomic E-state index is 0.125. The number of benzene rings is 1. The Balaban J connectivity index is 1.86. The van der Waals surface area contributed by atoms with Crippen molar-refractivity contribution in [2.45, 2.75) is 20.0 Å². The number of aryl methyl sites for hydroxylation is 1. The van der Waals surface area contributed by atoms with Gasteiger partial charge in [-0.05, 0) is 12.5 Å². The van der Waals surface area contributed by atoms with Crippen molar-refractivity contribution in [1.82, 2.24) is 10.3 Å². The Kier molecular flexibility index (Phi) is 4.48. The third kappa shape index (κ3) is 3.77. The van der Waals surface area contributed by atoms with Crippen molar-refractivity contribution in [2.24, 2.45) is 10.9 Å². The molecule has 6 heteroatoms. The summed E-state index contributed by atoms with van der Waals surface area (Å²) in [6.45, 7) is 3.58. The molecule has 4 N–H and O–H groups in total. The van der Waals surface area contributed by atoms with E-state index in [1.54, 1.807) is 11.3 Å². The summed E-state index contributed by atoms with van der Waals surface area (Å²) < 4.78 is 0. The van der Waals surface area contributed by atoms with Crippen molar-refractivity contribution in [3.63, 3.8) is 0 Å². The lowest BCUT2D eigenvalue weighted by molar-refractivity contribution is 0.318. The van der Waals surface area contributed by atoms with Gasteiger partial charge in [0.05, 0.1) is 5.01 Å². The normalized spacial score (nSPS) is 11.7. The molecule has 2 rings (SSSR count). The molecule has 1 aromatic heterocycles. The van der Waals surface area contributed by atoms with E-state index < -0.39 is 0 Å². The van der Waals surface area contributed by atoms with Crippen LogP contribution < -0.4 is 11.1 Å². The highest BCUT2D eigenvalue weighted by Crippen LogP contribution is 2.11. The van der Waals surface area contributed by atoms with Crippen LogP contribution in [0.25, 0.3) is 0 Å². The van der Waals surface area contributed by atoms with Gasteiger partial charge in [0.2, 0.25) is 0 Å². The lowest BCUT2D eigenvalue weighted by Crippen LogP contribution is -2.14. The van der Waals surface area contributed by atoms with E-state index in [1.165, 1.54) is 4.88 Å². The first-order valence-corrected chi connectivity index (χ1v) is 6.69. The van der Waals surface area contributed by atoms with Crippen molar-refractivity contribution in [3.8, 4) is 0 Å². The van der Waals surface area contributed by atoms with Crippen LogP contribution in [0.5, 0.6) is 0 Å². The lowest BCUT2D eigenvalue weighted by atomic mass is 10.1. The Labute approximate surface area is 115 Å². The molecule has 0 aliphatic heterocycles. The highest BCUT2D eigenvalue weighted by Gasteiger charge is 2.00. The summed E-state index contributed by atoms with van der Waals surface area (Å²) in [7, 11) is 0. The fraction of sp³-hybridized carbons (Fsp3) is 0.231. The van der Waals surface area contributed by atoms with E-state index in [9.17, 15) is 0 Å². The number of nitrogens with zero attached hydrogens (tertiary/aromatic N) is 2. The molecule has 0 bridgehead atoms. The lowest BCUT2D eigenvalue weighted by Gasteiger charge is -2.04. The second-order valence-electron chi connectivity index (χ2n) is 4.13. The molecule has 100 valence electrons. The molecule has 19 heavy (non-hydrogen) atoms. The first-order chi connectivity index (χ1) is 9.19. The third-order valence-corrected chi connectivity index (χ3v) is 3.57. The van der Waals surface area contributed by atoms with Crippen LogP contribution in [0.3, 0.4) is 0 Å². The molecular weight excluding hydrogens is 260 g/mol. The molecule has 0 radical (unpaired) electrons. The van der Waals surface area contributed by atoms with Gasteiger partial charge in [0.15, 0.2) is 5.84 Å². The van der Waals surface area contributed by atoms with E-state index in [-0.39, 0.29) is 5.84 Å². The summed E-state index contributed by atoms with van der Waals surface area (Å²) in [4.78, 5) is 5.44. The number of thiazole rings is 1.